The van der Waals surface area contributed by atoms with Crippen molar-refractivity contribution in [1.82, 2.24) is 0 Å². The van der Waals surface area contributed by atoms with Gasteiger partial charge in [0.1, 0.15) is 0 Å². The van der Waals surface area contributed by atoms with E-state index in [4.69, 9.17) is 5.73 Å². The van der Waals surface area contributed by atoms with E-state index in [-0.39, 0.29) is 4.90 Å². The minimum atomic E-state index is -3.61. The highest BCUT2D eigenvalue weighted by atomic mass is 32.2. The van der Waals surface area contributed by atoms with Gasteiger partial charge in [0.25, 0.3) is 10.0 Å². The van der Waals surface area contributed by atoms with E-state index in [1.165, 1.54) is 11.3 Å². The average Bonchev–Trinajstić information content (AvgIpc) is 2.89. The van der Waals surface area contributed by atoms with Crippen molar-refractivity contribution >= 4 is 43.5 Å². The molecule has 3 aromatic rings. The van der Waals surface area contributed by atoms with Gasteiger partial charge in [-0.3, -0.25) is 4.72 Å². The predicted molar refractivity (Wildman–Crippen MR) is 83.5 cm³/mol. The molecular formula is C14H12N2O2S2. The van der Waals surface area contributed by atoms with Gasteiger partial charge in [-0.25, -0.2) is 8.42 Å². The molecule has 4 nitrogen and oxygen atoms in total. The zero-order valence-electron chi connectivity index (χ0n) is 10.4. The van der Waals surface area contributed by atoms with E-state index in [1.54, 1.807) is 41.8 Å². The highest BCUT2D eigenvalue weighted by Crippen LogP contribution is 2.26. The molecule has 0 spiro atoms. The number of rotatable bonds is 3. The average molecular weight is 304 g/mol. The molecule has 0 fully saturated rings. The number of nitrogens with one attached hydrogen (secondary N) is 1. The van der Waals surface area contributed by atoms with Crippen LogP contribution in [0.15, 0.2) is 58.1 Å². The van der Waals surface area contributed by atoms with Crippen LogP contribution in [0.25, 0.3) is 10.8 Å². The highest BCUT2D eigenvalue weighted by molar-refractivity contribution is 7.93. The lowest BCUT2D eigenvalue weighted by molar-refractivity contribution is 0.602. The Bertz CT molecular complexity index is 856. The minimum Gasteiger partial charge on any atom is -0.399 e. The van der Waals surface area contributed by atoms with Gasteiger partial charge in [0.2, 0.25) is 0 Å². The van der Waals surface area contributed by atoms with Gasteiger partial charge < -0.3 is 5.73 Å². The third-order valence-electron chi connectivity index (χ3n) is 2.93. The van der Waals surface area contributed by atoms with Crippen LogP contribution in [0.1, 0.15) is 0 Å². The first-order valence-electron chi connectivity index (χ1n) is 5.89. The fraction of sp³-hybridized carbons (Fsp3) is 0. The van der Waals surface area contributed by atoms with E-state index in [9.17, 15) is 8.42 Å². The molecule has 0 bridgehead atoms. The fourth-order valence-corrected chi connectivity index (χ4v) is 3.98. The van der Waals surface area contributed by atoms with E-state index < -0.39 is 10.0 Å². The van der Waals surface area contributed by atoms with Gasteiger partial charge in [0, 0.05) is 16.5 Å². The molecule has 0 aliphatic rings. The number of hydrogen-bond acceptors (Lipinski definition) is 4. The summed E-state index contributed by atoms with van der Waals surface area (Å²) in [5, 5.41) is 5.03. The van der Waals surface area contributed by atoms with Crippen molar-refractivity contribution < 1.29 is 8.42 Å². The standard InChI is InChI=1S/C14H12N2O2S2/c15-11-4-5-13-10(8-11)2-1-3-14(13)20(17,18)16-12-6-7-19-9-12/h1-9,16H,15H2. The maximum Gasteiger partial charge on any atom is 0.262 e. The second-order valence-electron chi connectivity index (χ2n) is 4.35. The SMILES string of the molecule is Nc1ccc2c(S(=O)(=O)Nc3ccsc3)cccc2c1. The molecule has 102 valence electrons. The van der Waals surface area contributed by atoms with Crippen molar-refractivity contribution in [3.63, 3.8) is 0 Å². The van der Waals surface area contributed by atoms with Gasteiger partial charge in [-0.15, -0.1) is 0 Å². The van der Waals surface area contributed by atoms with Crippen molar-refractivity contribution in [2.24, 2.45) is 0 Å². The molecule has 0 aliphatic carbocycles. The highest BCUT2D eigenvalue weighted by Gasteiger charge is 2.17. The van der Waals surface area contributed by atoms with Crippen LogP contribution in [0.4, 0.5) is 11.4 Å². The Hall–Kier alpha value is -2.05. The van der Waals surface area contributed by atoms with Gasteiger partial charge in [-0.2, -0.15) is 11.3 Å². The van der Waals surface area contributed by atoms with Crippen LogP contribution in [0.2, 0.25) is 0 Å². The quantitative estimate of drug-likeness (QED) is 0.729. The summed E-state index contributed by atoms with van der Waals surface area (Å²) in [6.45, 7) is 0. The Balaban J connectivity index is 2.14. The van der Waals surface area contributed by atoms with Gasteiger partial charge in [0.15, 0.2) is 0 Å². The molecule has 20 heavy (non-hydrogen) atoms. The van der Waals surface area contributed by atoms with Gasteiger partial charge in [0.05, 0.1) is 10.6 Å². The Labute approximate surface area is 120 Å². The Kier molecular flexibility index (Phi) is 3.11. The van der Waals surface area contributed by atoms with E-state index in [0.717, 1.165) is 5.39 Å². The number of nitrogen functional groups attached to an aromatic ring is 1. The molecular weight excluding hydrogens is 292 g/mol. The summed E-state index contributed by atoms with van der Waals surface area (Å²) in [4.78, 5) is 0.251. The Morgan fingerprint density at radius 2 is 1.95 bits per heavy atom. The molecule has 0 radical (unpaired) electrons. The molecule has 1 heterocycles. The molecule has 0 amide bonds. The van der Waals surface area contributed by atoms with Crippen molar-refractivity contribution in [2.75, 3.05) is 10.5 Å². The molecule has 0 saturated heterocycles. The summed E-state index contributed by atoms with van der Waals surface area (Å²) in [7, 11) is -3.61. The van der Waals surface area contributed by atoms with Crippen LogP contribution >= 0.6 is 11.3 Å². The lowest BCUT2D eigenvalue weighted by Crippen LogP contribution is -2.12. The monoisotopic (exact) mass is 304 g/mol. The summed E-state index contributed by atoms with van der Waals surface area (Å²) in [5.74, 6) is 0. The fourth-order valence-electron chi connectivity index (χ4n) is 2.04. The zero-order chi connectivity index (χ0) is 14.2. The maximum absolute atomic E-state index is 12.5. The smallest absolute Gasteiger partial charge is 0.262 e. The Morgan fingerprint density at radius 3 is 2.70 bits per heavy atom. The number of thiophene rings is 1. The molecule has 0 atom stereocenters. The molecule has 0 aliphatic heterocycles. The lowest BCUT2D eigenvalue weighted by atomic mass is 10.1. The number of fused-ring (bicyclic) bond motifs is 1. The topological polar surface area (TPSA) is 72.2 Å². The van der Waals surface area contributed by atoms with Crippen molar-refractivity contribution in [3.05, 3.63) is 53.2 Å². The molecule has 0 saturated carbocycles. The van der Waals surface area contributed by atoms with E-state index in [0.29, 0.717) is 16.8 Å². The number of benzene rings is 2. The second-order valence-corrected chi connectivity index (χ2v) is 6.79. The van der Waals surface area contributed by atoms with Crippen LogP contribution in [0, 0.1) is 0 Å². The van der Waals surface area contributed by atoms with Crippen LogP contribution in [-0.2, 0) is 10.0 Å². The van der Waals surface area contributed by atoms with E-state index in [1.807, 2.05) is 11.4 Å². The van der Waals surface area contributed by atoms with Gasteiger partial charge in [-0.1, -0.05) is 18.2 Å². The van der Waals surface area contributed by atoms with Crippen LogP contribution < -0.4 is 10.5 Å². The van der Waals surface area contributed by atoms with E-state index >= 15 is 0 Å². The molecule has 3 N–H and O–H groups in total. The summed E-state index contributed by atoms with van der Waals surface area (Å²) >= 11 is 1.44. The van der Waals surface area contributed by atoms with Gasteiger partial charge in [-0.05, 0) is 35.0 Å². The van der Waals surface area contributed by atoms with Crippen LogP contribution in [0.5, 0.6) is 0 Å². The first kappa shape index (κ1) is 13.0. The van der Waals surface area contributed by atoms with Gasteiger partial charge >= 0.3 is 0 Å². The van der Waals surface area contributed by atoms with Crippen molar-refractivity contribution in [1.29, 1.82) is 0 Å². The largest absolute Gasteiger partial charge is 0.399 e. The summed E-state index contributed by atoms with van der Waals surface area (Å²) in [6.07, 6.45) is 0. The summed E-state index contributed by atoms with van der Waals surface area (Å²) < 4.78 is 27.5. The number of sulfonamides is 1. The zero-order valence-corrected chi connectivity index (χ0v) is 12.0. The Morgan fingerprint density at radius 1 is 1.10 bits per heavy atom. The number of anilines is 2. The maximum atomic E-state index is 12.5. The lowest BCUT2D eigenvalue weighted by Gasteiger charge is -2.09. The van der Waals surface area contributed by atoms with Crippen molar-refractivity contribution in [2.45, 2.75) is 4.90 Å². The molecule has 2 aromatic carbocycles. The third kappa shape index (κ3) is 2.35. The molecule has 3 rings (SSSR count). The minimum absolute atomic E-state index is 0.251. The van der Waals surface area contributed by atoms with E-state index in [2.05, 4.69) is 4.72 Å². The van der Waals surface area contributed by atoms with Crippen molar-refractivity contribution in [3.8, 4) is 0 Å². The second kappa shape index (κ2) is 4.81. The number of nitrogens with two attached hydrogens (primary N) is 1. The third-order valence-corrected chi connectivity index (χ3v) is 5.05. The predicted octanol–water partition coefficient (Wildman–Crippen LogP) is 3.28. The first-order chi connectivity index (χ1) is 9.56. The summed E-state index contributed by atoms with van der Waals surface area (Å²) in [5.41, 5.74) is 6.91. The first-order valence-corrected chi connectivity index (χ1v) is 8.32. The normalized spacial score (nSPS) is 11.6. The van der Waals surface area contributed by atoms with Crippen LogP contribution in [-0.4, -0.2) is 8.42 Å². The molecule has 6 heteroatoms. The molecule has 0 unspecified atom stereocenters. The van der Waals surface area contributed by atoms with Crippen LogP contribution in [0.3, 0.4) is 0 Å². The number of hydrogen-bond donors (Lipinski definition) is 2. The summed E-state index contributed by atoms with van der Waals surface area (Å²) in [6, 6.07) is 12.1. The molecule has 1 aromatic heterocycles.